The number of hydrogen-bond donors (Lipinski definition) is 1. The van der Waals surface area contributed by atoms with Gasteiger partial charge >= 0.3 is 0 Å². The van der Waals surface area contributed by atoms with E-state index in [1.807, 2.05) is 0 Å². The molecule has 2 nitrogen and oxygen atoms in total. The van der Waals surface area contributed by atoms with Crippen LogP contribution in [-0.2, 0) is 0 Å². The smallest absolute Gasteiger partial charge is 0.0306 e. The van der Waals surface area contributed by atoms with E-state index in [9.17, 15) is 0 Å². The Bertz CT molecular complexity index is 171. The van der Waals surface area contributed by atoms with E-state index in [-0.39, 0.29) is 0 Å². The third kappa shape index (κ3) is 3.76. The molecule has 1 atom stereocenters. The predicted molar refractivity (Wildman–Crippen MR) is 67.2 cm³/mol. The van der Waals surface area contributed by atoms with Crippen molar-refractivity contribution in [1.29, 1.82) is 0 Å². The van der Waals surface area contributed by atoms with Gasteiger partial charge in [0.25, 0.3) is 0 Å². The highest BCUT2D eigenvalue weighted by Gasteiger charge is 2.32. The van der Waals surface area contributed by atoms with Crippen LogP contribution >= 0.6 is 0 Å². The molecule has 0 saturated carbocycles. The van der Waals surface area contributed by atoms with Crippen molar-refractivity contribution >= 4 is 0 Å². The largest absolute Gasteiger partial charge is 0.310 e. The molecular formula is C13H28N2. The summed E-state index contributed by atoms with van der Waals surface area (Å²) in [6.07, 6.45) is 3.98. The van der Waals surface area contributed by atoms with Gasteiger partial charge < -0.3 is 10.2 Å². The first kappa shape index (κ1) is 13.0. The first-order chi connectivity index (χ1) is 7.12. The van der Waals surface area contributed by atoms with Crippen LogP contribution in [0.4, 0.5) is 0 Å². The van der Waals surface area contributed by atoms with Crippen LogP contribution in [0, 0.1) is 5.92 Å². The molecule has 90 valence electrons. The zero-order valence-corrected chi connectivity index (χ0v) is 11.0. The Balaban J connectivity index is 2.48. The summed E-state index contributed by atoms with van der Waals surface area (Å²) >= 11 is 0. The van der Waals surface area contributed by atoms with Gasteiger partial charge in [0.1, 0.15) is 0 Å². The fourth-order valence-corrected chi connectivity index (χ4v) is 2.67. The van der Waals surface area contributed by atoms with Crippen molar-refractivity contribution in [3.63, 3.8) is 0 Å². The lowest BCUT2D eigenvalue weighted by Crippen LogP contribution is -2.50. The molecule has 1 rings (SSSR count). The molecule has 0 aromatic heterocycles. The highest BCUT2D eigenvalue weighted by atomic mass is 15.2. The summed E-state index contributed by atoms with van der Waals surface area (Å²) in [5, 5.41) is 3.72. The molecule has 1 aliphatic rings. The van der Waals surface area contributed by atoms with Gasteiger partial charge in [0.2, 0.25) is 0 Å². The zero-order valence-electron chi connectivity index (χ0n) is 11.0. The van der Waals surface area contributed by atoms with Crippen LogP contribution < -0.4 is 5.32 Å². The second-order valence-corrected chi connectivity index (χ2v) is 5.39. The Morgan fingerprint density at radius 1 is 1.33 bits per heavy atom. The van der Waals surface area contributed by atoms with Gasteiger partial charge in [-0.2, -0.15) is 0 Å². The van der Waals surface area contributed by atoms with Crippen molar-refractivity contribution in [3.05, 3.63) is 0 Å². The fourth-order valence-electron chi connectivity index (χ4n) is 2.67. The Morgan fingerprint density at radius 3 is 2.47 bits per heavy atom. The maximum Gasteiger partial charge on any atom is 0.0306 e. The summed E-state index contributed by atoms with van der Waals surface area (Å²) in [6.45, 7) is 14.1. The van der Waals surface area contributed by atoms with Crippen molar-refractivity contribution in [3.8, 4) is 0 Å². The fraction of sp³-hybridized carbons (Fsp3) is 1.00. The van der Waals surface area contributed by atoms with Crippen molar-refractivity contribution in [2.24, 2.45) is 5.92 Å². The average molecular weight is 212 g/mol. The molecule has 1 heterocycles. The van der Waals surface area contributed by atoms with E-state index >= 15 is 0 Å². The van der Waals surface area contributed by atoms with E-state index < -0.39 is 0 Å². The number of hydrogen-bond acceptors (Lipinski definition) is 2. The molecule has 1 fully saturated rings. The Labute approximate surface area is 95.4 Å². The van der Waals surface area contributed by atoms with Crippen LogP contribution in [0.1, 0.15) is 47.0 Å². The molecule has 1 aliphatic heterocycles. The van der Waals surface area contributed by atoms with Gasteiger partial charge in [-0.3, -0.25) is 0 Å². The minimum absolute atomic E-state index is 0.422. The van der Waals surface area contributed by atoms with Gasteiger partial charge in [-0.25, -0.2) is 0 Å². The maximum absolute atomic E-state index is 3.72. The van der Waals surface area contributed by atoms with Gasteiger partial charge in [-0.05, 0) is 38.3 Å². The van der Waals surface area contributed by atoms with Crippen molar-refractivity contribution in [2.45, 2.75) is 52.5 Å². The molecule has 1 unspecified atom stereocenters. The Morgan fingerprint density at radius 2 is 2.07 bits per heavy atom. The summed E-state index contributed by atoms with van der Waals surface area (Å²) in [4.78, 5) is 2.60. The molecule has 1 N–H and O–H groups in total. The van der Waals surface area contributed by atoms with Crippen LogP contribution in [0.2, 0.25) is 0 Å². The number of nitrogens with zero attached hydrogens (tertiary/aromatic N) is 1. The molecular weight excluding hydrogens is 184 g/mol. The second kappa shape index (κ2) is 5.86. The van der Waals surface area contributed by atoms with Crippen LogP contribution in [0.25, 0.3) is 0 Å². The predicted octanol–water partition coefficient (Wildman–Crippen LogP) is 2.50. The minimum Gasteiger partial charge on any atom is -0.310 e. The lowest BCUT2D eigenvalue weighted by Gasteiger charge is -2.35. The molecule has 0 aromatic carbocycles. The number of likely N-dealkylation sites (N-methyl/N-ethyl adjacent to an activating group) is 1. The quantitative estimate of drug-likeness (QED) is 0.728. The molecule has 0 spiro atoms. The molecule has 1 saturated heterocycles. The Hall–Kier alpha value is -0.0800. The normalized spacial score (nSPS) is 26.8. The average Bonchev–Trinajstić information content (AvgIpc) is 2.65. The molecule has 0 bridgehead atoms. The molecule has 15 heavy (non-hydrogen) atoms. The lowest BCUT2D eigenvalue weighted by molar-refractivity contribution is 0.179. The van der Waals surface area contributed by atoms with Crippen molar-refractivity contribution < 1.29 is 0 Å². The van der Waals surface area contributed by atoms with Crippen molar-refractivity contribution in [1.82, 2.24) is 10.2 Å². The summed E-state index contributed by atoms with van der Waals surface area (Å²) < 4.78 is 0. The van der Waals surface area contributed by atoms with Crippen LogP contribution in [0.15, 0.2) is 0 Å². The van der Waals surface area contributed by atoms with Gasteiger partial charge in [-0.1, -0.05) is 27.7 Å². The van der Waals surface area contributed by atoms with Gasteiger partial charge in [0.05, 0.1) is 0 Å². The third-order valence-electron chi connectivity index (χ3n) is 3.61. The summed E-state index contributed by atoms with van der Waals surface area (Å²) in [5.41, 5.74) is 0.422. The topological polar surface area (TPSA) is 15.3 Å². The SMILES string of the molecule is CCN(CC(C)C)CC1(CC)CCCN1. The molecule has 0 radical (unpaired) electrons. The first-order valence-electron chi connectivity index (χ1n) is 6.59. The van der Waals surface area contributed by atoms with Gasteiger partial charge in [0, 0.05) is 18.6 Å². The van der Waals surface area contributed by atoms with Crippen LogP contribution in [0.3, 0.4) is 0 Å². The van der Waals surface area contributed by atoms with Crippen LogP contribution in [-0.4, -0.2) is 36.6 Å². The summed E-state index contributed by atoms with van der Waals surface area (Å²) in [7, 11) is 0. The van der Waals surface area contributed by atoms with Gasteiger partial charge in [0.15, 0.2) is 0 Å². The number of nitrogens with one attached hydrogen (secondary N) is 1. The summed E-state index contributed by atoms with van der Waals surface area (Å²) in [6, 6.07) is 0. The standard InChI is InChI=1S/C13H28N2/c1-5-13(8-7-9-14-13)11-15(6-2)10-12(3)4/h12,14H,5-11H2,1-4H3. The highest BCUT2D eigenvalue weighted by molar-refractivity contribution is 4.94. The van der Waals surface area contributed by atoms with E-state index in [0.29, 0.717) is 5.54 Å². The van der Waals surface area contributed by atoms with Crippen molar-refractivity contribution in [2.75, 3.05) is 26.2 Å². The van der Waals surface area contributed by atoms with E-state index in [1.165, 1.54) is 45.4 Å². The van der Waals surface area contributed by atoms with Gasteiger partial charge in [-0.15, -0.1) is 0 Å². The lowest BCUT2D eigenvalue weighted by atomic mass is 9.93. The Kier molecular flexibility index (Phi) is 5.07. The minimum atomic E-state index is 0.422. The van der Waals surface area contributed by atoms with E-state index in [4.69, 9.17) is 0 Å². The molecule has 0 amide bonds. The van der Waals surface area contributed by atoms with E-state index in [0.717, 1.165) is 5.92 Å². The molecule has 0 aliphatic carbocycles. The first-order valence-corrected chi connectivity index (χ1v) is 6.59. The summed E-state index contributed by atoms with van der Waals surface area (Å²) in [5.74, 6) is 0.778. The third-order valence-corrected chi connectivity index (χ3v) is 3.61. The van der Waals surface area contributed by atoms with E-state index in [2.05, 4.69) is 37.9 Å². The number of rotatable bonds is 6. The van der Waals surface area contributed by atoms with Crippen LogP contribution in [0.5, 0.6) is 0 Å². The second-order valence-electron chi connectivity index (χ2n) is 5.39. The maximum atomic E-state index is 3.72. The molecule has 0 aromatic rings. The van der Waals surface area contributed by atoms with E-state index in [1.54, 1.807) is 0 Å². The highest BCUT2D eigenvalue weighted by Crippen LogP contribution is 2.24. The monoisotopic (exact) mass is 212 g/mol. The zero-order chi connectivity index (χ0) is 11.3. The molecule has 2 heteroatoms.